The van der Waals surface area contributed by atoms with Crippen LogP contribution in [0, 0.1) is 5.92 Å². The van der Waals surface area contributed by atoms with Crippen LogP contribution in [0.25, 0.3) is 0 Å². The zero-order valence-electron chi connectivity index (χ0n) is 15.6. The first-order valence-electron chi connectivity index (χ1n) is 8.56. The van der Waals surface area contributed by atoms with Crippen LogP contribution in [0.4, 0.5) is 0 Å². The van der Waals surface area contributed by atoms with Gasteiger partial charge in [0.25, 0.3) is 0 Å². The van der Waals surface area contributed by atoms with E-state index in [4.69, 9.17) is 14.6 Å². The number of carboxylic acids is 1. The third-order valence-electron chi connectivity index (χ3n) is 3.21. The van der Waals surface area contributed by atoms with Crippen LogP contribution in [0.1, 0.15) is 40.5 Å². The molecule has 8 heteroatoms. The lowest BCUT2D eigenvalue weighted by Crippen LogP contribution is -2.43. The highest BCUT2D eigenvalue weighted by Crippen LogP contribution is 2.10. The Morgan fingerprint density at radius 3 is 2.00 bits per heavy atom. The van der Waals surface area contributed by atoms with Gasteiger partial charge in [-0.3, -0.25) is 9.59 Å². The molecule has 0 aliphatic heterocycles. The lowest BCUT2D eigenvalue weighted by Gasteiger charge is -2.15. The van der Waals surface area contributed by atoms with E-state index in [9.17, 15) is 14.4 Å². The van der Waals surface area contributed by atoms with Gasteiger partial charge in [0.2, 0.25) is 5.91 Å². The number of carbonyl (C=O) groups is 3. The van der Waals surface area contributed by atoms with E-state index < -0.39 is 12.0 Å². The molecule has 0 aromatic carbocycles. The van der Waals surface area contributed by atoms with E-state index in [2.05, 4.69) is 5.32 Å². The van der Waals surface area contributed by atoms with E-state index in [1.165, 1.54) is 11.8 Å². The second kappa shape index (κ2) is 14.1. The van der Waals surface area contributed by atoms with Crippen LogP contribution in [-0.2, 0) is 23.9 Å². The molecule has 0 aromatic rings. The highest BCUT2D eigenvalue weighted by Gasteiger charge is 2.20. The maximum atomic E-state index is 11.7. The predicted molar refractivity (Wildman–Crippen MR) is 97.9 cm³/mol. The van der Waals surface area contributed by atoms with Crippen molar-refractivity contribution in [3.8, 4) is 0 Å². The minimum atomic E-state index is -1.04. The molecule has 0 aromatic heterocycles. The molecule has 0 heterocycles. The number of carbonyl (C=O) groups excluding carboxylic acids is 2. The summed E-state index contributed by atoms with van der Waals surface area (Å²) in [6.45, 7) is 8.91. The predicted octanol–water partition coefficient (Wildman–Crippen LogP) is 1.74. The van der Waals surface area contributed by atoms with Crippen molar-refractivity contribution in [2.45, 2.75) is 51.8 Å². The van der Waals surface area contributed by atoms with Gasteiger partial charge < -0.3 is 19.9 Å². The summed E-state index contributed by atoms with van der Waals surface area (Å²) < 4.78 is 10.6. The van der Waals surface area contributed by atoms with Crippen molar-refractivity contribution in [1.29, 1.82) is 0 Å². The van der Waals surface area contributed by atoms with Crippen molar-refractivity contribution in [2.75, 3.05) is 32.2 Å². The monoisotopic (exact) mass is 377 g/mol. The molecule has 0 radical (unpaired) electrons. The molecule has 0 saturated carbocycles. The Balaban J connectivity index is 3.71. The Labute approximate surface area is 154 Å². The average Bonchev–Trinajstić information content (AvgIpc) is 2.52. The number of rotatable bonds is 15. The number of nitrogens with one attached hydrogen (secondary N) is 1. The molecule has 0 spiro atoms. The molecule has 1 amide bonds. The van der Waals surface area contributed by atoms with Gasteiger partial charge in [-0.2, -0.15) is 11.8 Å². The molecule has 7 nitrogen and oxygen atoms in total. The Bertz CT molecular complexity index is 414. The van der Waals surface area contributed by atoms with Gasteiger partial charge in [-0.25, -0.2) is 4.79 Å². The van der Waals surface area contributed by atoms with Crippen LogP contribution in [0.2, 0.25) is 0 Å². The van der Waals surface area contributed by atoms with Crippen LogP contribution < -0.4 is 5.32 Å². The summed E-state index contributed by atoms with van der Waals surface area (Å²) in [7, 11) is 0. The lowest BCUT2D eigenvalue weighted by molar-refractivity contribution is -0.141. The molecule has 0 aliphatic rings. The maximum Gasteiger partial charge on any atom is 0.327 e. The zero-order chi connectivity index (χ0) is 19.2. The summed E-state index contributed by atoms with van der Waals surface area (Å²) in [6.07, 6.45) is 0.493. The molecule has 0 rings (SSSR count). The number of Topliss-reactive ketones (excluding diaryl/α,β-unsaturated/α-hetero) is 1. The summed E-state index contributed by atoms with van der Waals surface area (Å²) in [6, 6.07) is -0.887. The molecule has 25 heavy (non-hydrogen) atoms. The third kappa shape index (κ3) is 13.8. The highest BCUT2D eigenvalue weighted by molar-refractivity contribution is 7.99. The maximum absolute atomic E-state index is 11.7. The SMILES string of the molecule is CC(C)SCC(NC(=O)CCOCCOCCC(=O)C(C)C)C(=O)O. The summed E-state index contributed by atoms with van der Waals surface area (Å²) in [5.74, 6) is -0.859. The number of hydrogen-bond acceptors (Lipinski definition) is 6. The molecule has 0 fully saturated rings. The van der Waals surface area contributed by atoms with Crippen LogP contribution in [-0.4, -0.2) is 66.2 Å². The van der Waals surface area contributed by atoms with Gasteiger partial charge in [0.15, 0.2) is 0 Å². The summed E-state index contributed by atoms with van der Waals surface area (Å²) in [4.78, 5) is 34.2. The number of ketones is 1. The fourth-order valence-electron chi connectivity index (χ4n) is 1.68. The zero-order valence-corrected chi connectivity index (χ0v) is 16.4. The first kappa shape index (κ1) is 23.9. The highest BCUT2D eigenvalue weighted by atomic mass is 32.2. The topological polar surface area (TPSA) is 102 Å². The Morgan fingerprint density at radius 2 is 1.52 bits per heavy atom. The van der Waals surface area contributed by atoms with E-state index in [1.807, 2.05) is 27.7 Å². The molecule has 0 bridgehead atoms. The molecule has 2 N–H and O–H groups in total. The average molecular weight is 378 g/mol. The number of amides is 1. The van der Waals surface area contributed by atoms with Gasteiger partial charge in [-0.15, -0.1) is 0 Å². The summed E-state index contributed by atoms with van der Waals surface area (Å²) in [5, 5.41) is 11.9. The number of thioether (sulfide) groups is 1. The normalized spacial score (nSPS) is 12.4. The van der Waals surface area contributed by atoms with E-state index in [0.717, 1.165) is 0 Å². The van der Waals surface area contributed by atoms with Gasteiger partial charge in [0, 0.05) is 24.5 Å². The van der Waals surface area contributed by atoms with Crippen LogP contribution >= 0.6 is 11.8 Å². The van der Waals surface area contributed by atoms with Crippen molar-refractivity contribution in [2.24, 2.45) is 5.92 Å². The van der Waals surface area contributed by atoms with Crippen molar-refractivity contribution >= 4 is 29.4 Å². The first-order valence-corrected chi connectivity index (χ1v) is 9.60. The van der Waals surface area contributed by atoms with Gasteiger partial charge in [-0.05, 0) is 5.25 Å². The molecular weight excluding hydrogens is 346 g/mol. The van der Waals surface area contributed by atoms with Crippen molar-refractivity contribution in [3.63, 3.8) is 0 Å². The number of aliphatic carboxylic acids is 1. The minimum Gasteiger partial charge on any atom is -0.480 e. The first-order chi connectivity index (χ1) is 11.7. The van der Waals surface area contributed by atoms with E-state index in [1.54, 1.807) is 0 Å². The van der Waals surface area contributed by atoms with Gasteiger partial charge >= 0.3 is 5.97 Å². The molecular formula is C17H31NO6S. The summed E-state index contributed by atoms with van der Waals surface area (Å²) in [5.41, 5.74) is 0. The van der Waals surface area contributed by atoms with Gasteiger partial charge in [0.1, 0.15) is 11.8 Å². The molecule has 0 aliphatic carbocycles. The molecule has 1 unspecified atom stereocenters. The van der Waals surface area contributed by atoms with Crippen LogP contribution in [0.5, 0.6) is 0 Å². The fourth-order valence-corrected chi connectivity index (χ4v) is 2.48. The molecule has 0 saturated heterocycles. The van der Waals surface area contributed by atoms with Crippen molar-refractivity contribution in [1.82, 2.24) is 5.32 Å². The number of ether oxygens (including phenoxy) is 2. The number of hydrogen-bond donors (Lipinski definition) is 2. The van der Waals surface area contributed by atoms with Crippen LogP contribution in [0.3, 0.4) is 0 Å². The van der Waals surface area contributed by atoms with E-state index in [-0.39, 0.29) is 30.6 Å². The van der Waals surface area contributed by atoms with Gasteiger partial charge in [0.05, 0.1) is 26.4 Å². The van der Waals surface area contributed by atoms with E-state index >= 15 is 0 Å². The number of carboxylic acid groups (broad SMARTS) is 1. The van der Waals surface area contributed by atoms with Crippen molar-refractivity contribution < 1.29 is 29.0 Å². The fraction of sp³-hybridized carbons (Fsp3) is 0.824. The standard InChI is InChI=1S/C17H31NO6S/c1-12(2)15(19)5-7-23-9-10-24-8-6-16(20)18-14(17(21)22)11-25-13(3)4/h12-14H,5-11H2,1-4H3,(H,18,20)(H,21,22). The largest absolute Gasteiger partial charge is 0.480 e. The second-order valence-corrected chi connectivity index (χ2v) is 7.80. The Morgan fingerprint density at radius 1 is 0.960 bits per heavy atom. The smallest absolute Gasteiger partial charge is 0.327 e. The lowest BCUT2D eigenvalue weighted by atomic mass is 10.1. The Hall–Kier alpha value is -1.12. The molecule has 1 atom stereocenters. The van der Waals surface area contributed by atoms with Crippen molar-refractivity contribution in [3.05, 3.63) is 0 Å². The van der Waals surface area contributed by atoms with Crippen LogP contribution in [0.15, 0.2) is 0 Å². The third-order valence-corrected chi connectivity index (χ3v) is 4.40. The minimum absolute atomic E-state index is 0.0203. The quantitative estimate of drug-likeness (QED) is 0.419. The van der Waals surface area contributed by atoms with Gasteiger partial charge in [-0.1, -0.05) is 27.7 Å². The summed E-state index contributed by atoms with van der Waals surface area (Å²) >= 11 is 1.49. The molecule has 146 valence electrons. The van der Waals surface area contributed by atoms with E-state index in [0.29, 0.717) is 37.2 Å². The Kier molecular flexibility index (Phi) is 13.5. The second-order valence-electron chi connectivity index (χ2n) is 6.19.